The molecule has 0 bridgehead atoms. The van der Waals surface area contributed by atoms with Crippen molar-refractivity contribution in [2.45, 2.75) is 25.2 Å². The van der Waals surface area contributed by atoms with Crippen molar-refractivity contribution in [3.05, 3.63) is 0 Å². The van der Waals surface area contributed by atoms with Crippen LogP contribution in [0.15, 0.2) is 0 Å². The monoisotopic (exact) mass is 252 g/mol. The first kappa shape index (κ1) is 15.9. The summed E-state index contributed by atoms with van der Waals surface area (Å²) in [5.74, 6) is -0.757. The van der Waals surface area contributed by atoms with E-state index >= 15 is 0 Å². The molecule has 0 heterocycles. The van der Waals surface area contributed by atoms with Crippen LogP contribution in [0.25, 0.3) is 0 Å². The molecule has 0 radical (unpaired) electrons. The molecule has 0 spiro atoms. The van der Waals surface area contributed by atoms with Crippen LogP contribution >= 0.6 is 0 Å². The fourth-order valence-corrected chi connectivity index (χ4v) is 2.10. The molecule has 0 fully saturated rings. The fraction of sp³-hybridized carbons (Fsp3) is 1.00. The molecule has 0 aromatic rings. The van der Waals surface area contributed by atoms with E-state index in [9.17, 15) is 0 Å². The molecule has 4 N–H and O–H groups in total. The Kier molecular flexibility index (Phi) is 10.1. The van der Waals surface area contributed by atoms with Gasteiger partial charge in [0.05, 0.1) is 31.0 Å². The number of nitrogens with one attached hydrogen (secondary N) is 4. The highest BCUT2D eigenvalue weighted by Crippen LogP contribution is 2.01. The minimum atomic E-state index is -0.757. The smallest absolute Gasteiger partial charge is 0.190 e. The Morgan fingerprint density at radius 2 is 1.50 bits per heavy atom. The molecule has 0 amide bonds. The van der Waals surface area contributed by atoms with Crippen LogP contribution in [0.2, 0.25) is 6.04 Å². The van der Waals surface area contributed by atoms with E-state index in [2.05, 4.69) is 28.3 Å². The average molecular weight is 252 g/mol. The van der Waals surface area contributed by atoms with Gasteiger partial charge in [0, 0.05) is 6.42 Å². The third-order valence-electron chi connectivity index (χ3n) is 1.93. The molecule has 0 saturated carbocycles. The molecule has 0 rings (SSSR count). The van der Waals surface area contributed by atoms with Crippen LogP contribution in [0, 0.1) is 0 Å². The highest BCUT2D eigenvalue weighted by Gasteiger charge is 2.29. The molecule has 0 aliphatic rings. The fourth-order valence-electron chi connectivity index (χ4n) is 1.32. The van der Waals surface area contributed by atoms with Gasteiger partial charge in [-0.25, -0.2) is 0 Å². The average Bonchev–Trinajstić information content (AvgIpc) is 2.26. The Bertz CT molecular complexity index is 147. The van der Waals surface area contributed by atoms with Crippen molar-refractivity contribution < 1.29 is 14.5 Å². The SMILES string of the molecule is CC[SiH2]NCCC(NOC)(NOC)NOC. The van der Waals surface area contributed by atoms with E-state index in [1.807, 2.05) is 0 Å². The molecule has 98 valence electrons. The van der Waals surface area contributed by atoms with Crippen molar-refractivity contribution in [3.8, 4) is 0 Å². The molecule has 0 aromatic carbocycles. The maximum atomic E-state index is 4.92. The summed E-state index contributed by atoms with van der Waals surface area (Å²) in [4.78, 5) is 18.2. The molecule has 16 heavy (non-hydrogen) atoms. The minimum Gasteiger partial charge on any atom is -0.342 e. The summed E-state index contributed by atoms with van der Waals surface area (Å²) in [5.41, 5.74) is 8.33. The summed E-state index contributed by atoms with van der Waals surface area (Å²) in [5, 5.41) is 0. The highest BCUT2D eigenvalue weighted by molar-refractivity contribution is 6.31. The van der Waals surface area contributed by atoms with Crippen LogP contribution in [-0.2, 0) is 14.5 Å². The number of hydrogen-bond acceptors (Lipinski definition) is 7. The molecule has 0 aliphatic carbocycles. The second-order valence-electron chi connectivity index (χ2n) is 3.32. The molecular formula is C8H24N4O3Si. The van der Waals surface area contributed by atoms with Crippen molar-refractivity contribution in [3.63, 3.8) is 0 Å². The third-order valence-corrected chi connectivity index (χ3v) is 3.14. The zero-order valence-corrected chi connectivity index (χ0v) is 12.0. The van der Waals surface area contributed by atoms with Crippen LogP contribution < -0.4 is 21.4 Å². The van der Waals surface area contributed by atoms with Crippen molar-refractivity contribution in [2.24, 2.45) is 0 Å². The van der Waals surface area contributed by atoms with E-state index in [-0.39, 0.29) is 9.68 Å². The van der Waals surface area contributed by atoms with Crippen molar-refractivity contribution in [2.75, 3.05) is 27.9 Å². The summed E-state index contributed by atoms with van der Waals surface area (Å²) in [6.07, 6.45) is 0.704. The Hall–Kier alpha value is -0.0631. The molecular weight excluding hydrogens is 228 g/mol. The van der Waals surface area contributed by atoms with Crippen molar-refractivity contribution >= 4 is 9.68 Å². The summed E-state index contributed by atoms with van der Waals surface area (Å²) in [6, 6.07) is 1.24. The van der Waals surface area contributed by atoms with Crippen LogP contribution in [-0.4, -0.2) is 43.3 Å². The maximum Gasteiger partial charge on any atom is 0.190 e. The molecule has 0 aliphatic heterocycles. The van der Waals surface area contributed by atoms with E-state index < -0.39 is 5.79 Å². The van der Waals surface area contributed by atoms with E-state index in [1.165, 1.54) is 27.4 Å². The maximum absolute atomic E-state index is 4.92. The van der Waals surface area contributed by atoms with Crippen molar-refractivity contribution in [1.82, 2.24) is 21.4 Å². The van der Waals surface area contributed by atoms with Gasteiger partial charge in [-0.15, -0.1) is 0 Å². The first-order valence-electron chi connectivity index (χ1n) is 5.35. The lowest BCUT2D eigenvalue weighted by atomic mass is 10.3. The second-order valence-corrected chi connectivity index (χ2v) is 5.32. The normalized spacial score (nSPS) is 12.8. The van der Waals surface area contributed by atoms with Crippen molar-refractivity contribution in [1.29, 1.82) is 0 Å². The molecule has 0 saturated heterocycles. The zero-order chi connectivity index (χ0) is 12.3. The summed E-state index contributed by atoms with van der Waals surface area (Å²) < 4.78 is 0. The number of rotatable bonds is 11. The van der Waals surface area contributed by atoms with Crippen LogP contribution in [0.5, 0.6) is 0 Å². The topological polar surface area (TPSA) is 75.8 Å². The molecule has 0 atom stereocenters. The van der Waals surface area contributed by atoms with Gasteiger partial charge in [0.2, 0.25) is 0 Å². The lowest BCUT2D eigenvalue weighted by Crippen LogP contribution is -2.66. The zero-order valence-electron chi connectivity index (χ0n) is 10.6. The van der Waals surface area contributed by atoms with Crippen LogP contribution in [0.3, 0.4) is 0 Å². The molecule has 0 unspecified atom stereocenters. The van der Waals surface area contributed by atoms with E-state index in [0.29, 0.717) is 6.42 Å². The Labute approximate surface area is 99.4 Å². The van der Waals surface area contributed by atoms with Gasteiger partial charge in [-0.1, -0.05) is 13.0 Å². The Morgan fingerprint density at radius 3 is 1.88 bits per heavy atom. The Balaban J connectivity index is 4.12. The van der Waals surface area contributed by atoms with Gasteiger partial charge in [-0.2, -0.15) is 16.4 Å². The first-order valence-corrected chi connectivity index (χ1v) is 7.06. The molecule has 0 aromatic heterocycles. The largest absolute Gasteiger partial charge is 0.342 e. The summed E-state index contributed by atoms with van der Waals surface area (Å²) >= 11 is 0. The lowest BCUT2D eigenvalue weighted by molar-refractivity contribution is -0.160. The van der Waals surface area contributed by atoms with E-state index in [4.69, 9.17) is 14.5 Å². The molecule has 8 heteroatoms. The van der Waals surface area contributed by atoms with Crippen LogP contribution in [0.1, 0.15) is 13.3 Å². The van der Waals surface area contributed by atoms with Gasteiger partial charge in [0.15, 0.2) is 5.79 Å². The quantitative estimate of drug-likeness (QED) is 0.156. The standard InChI is InChI=1S/C8H24N4O3Si/c1-5-16-9-7-6-8(10-13-2,11-14-3)12-15-4/h9-12H,5-7,16H2,1-4H3. The Morgan fingerprint density at radius 1 is 1.00 bits per heavy atom. The number of hydroxylamine groups is 3. The van der Waals surface area contributed by atoms with Gasteiger partial charge < -0.3 is 19.5 Å². The lowest BCUT2D eigenvalue weighted by Gasteiger charge is -2.33. The van der Waals surface area contributed by atoms with E-state index in [0.717, 1.165) is 6.54 Å². The highest BCUT2D eigenvalue weighted by atomic mass is 28.2. The van der Waals surface area contributed by atoms with Gasteiger partial charge in [-0.05, 0) is 6.54 Å². The predicted molar refractivity (Wildman–Crippen MR) is 64.8 cm³/mol. The third kappa shape index (κ3) is 6.50. The minimum absolute atomic E-state index is 0.145. The van der Waals surface area contributed by atoms with Crippen LogP contribution in [0.4, 0.5) is 0 Å². The number of hydrogen-bond donors (Lipinski definition) is 4. The predicted octanol–water partition coefficient (Wildman–Crippen LogP) is -1.41. The van der Waals surface area contributed by atoms with Gasteiger partial charge in [-0.3, -0.25) is 0 Å². The first-order chi connectivity index (χ1) is 7.74. The molecule has 7 nitrogen and oxygen atoms in total. The van der Waals surface area contributed by atoms with Gasteiger partial charge in [0.1, 0.15) is 0 Å². The summed E-state index contributed by atoms with van der Waals surface area (Å²) in [7, 11) is 4.47. The van der Waals surface area contributed by atoms with E-state index in [1.54, 1.807) is 0 Å². The van der Waals surface area contributed by atoms with Gasteiger partial charge in [0.25, 0.3) is 0 Å². The second kappa shape index (κ2) is 10.1. The van der Waals surface area contributed by atoms with Gasteiger partial charge >= 0.3 is 0 Å². The summed E-state index contributed by atoms with van der Waals surface area (Å²) in [6.45, 7) is 3.03.